The number of nitrogens with one attached hydrogen (secondary N) is 1. The molecule has 3 aromatic rings. The van der Waals surface area contributed by atoms with Crippen molar-refractivity contribution in [2.24, 2.45) is 5.92 Å². The van der Waals surface area contributed by atoms with Crippen LogP contribution < -0.4 is 5.32 Å². The molecular weight excluding hydrogens is 334 g/mol. The number of hydrogen-bond acceptors (Lipinski definition) is 3. The lowest BCUT2D eigenvalue weighted by Gasteiger charge is -2.11. The van der Waals surface area contributed by atoms with E-state index in [0.29, 0.717) is 12.4 Å². The Kier molecular flexibility index (Phi) is 5.65. The van der Waals surface area contributed by atoms with Crippen molar-refractivity contribution in [3.05, 3.63) is 65.7 Å². The van der Waals surface area contributed by atoms with Crippen LogP contribution in [0.5, 0.6) is 0 Å². The molecule has 2 aromatic carbocycles. The fourth-order valence-corrected chi connectivity index (χ4v) is 2.79. The smallest absolute Gasteiger partial charge is 0.230 e. The Morgan fingerprint density at radius 1 is 0.852 bits per heavy atom. The maximum Gasteiger partial charge on any atom is 0.230 e. The van der Waals surface area contributed by atoms with Gasteiger partial charge in [0, 0.05) is 17.5 Å². The van der Waals surface area contributed by atoms with Crippen molar-refractivity contribution in [2.75, 3.05) is 5.32 Å². The molecule has 1 aromatic heterocycles. The minimum absolute atomic E-state index is 0.0686. The van der Waals surface area contributed by atoms with Gasteiger partial charge in [-0.25, -0.2) is 9.97 Å². The van der Waals surface area contributed by atoms with E-state index in [2.05, 4.69) is 53.4 Å². The number of carbonyl (C=O) groups excluding carboxylic acids is 1. The summed E-state index contributed by atoms with van der Waals surface area (Å²) in [5.41, 5.74) is 5.96. The van der Waals surface area contributed by atoms with E-state index >= 15 is 0 Å². The van der Waals surface area contributed by atoms with E-state index in [-0.39, 0.29) is 11.8 Å². The Balaban J connectivity index is 2.03. The molecule has 0 radical (unpaired) electrons. The van der Waals surface area contributed by atoms with Gasteiger partial charge in [-0.15, -0.1) is 0 Å². The SMILES string of the molecule is Cc1ccc(-c2cc(-c3ccc(C)cc3)nc(NC(=O)CC(C)C)n2)cc1. The Hall–Kier alpha value is -3.01. The number of nitrogens with zero attached hydrogens (tertiary/aromatic N) is 2. The molecule has 0 saturated heterocycles. The van der Waals surface area contributed by atoms with Crippen molar-refractivity contribution in [3.63, 3.8) is 0 Å². The highest BCUT2D eigenvalue weighted by Crippen LogP contribution is 2.26. The van der Waals surface area contributed by atoms with Gasteiger partial charge in [0.1, 0.15) is 0 Å². The molecule has 0 fully saturated rings. The van der Waals surface area contributed by atoms with Crippen LogP contribution in [-0.2, 0) is 4.79 Å². The number of anilines is 1. The fraction of sp³-hybridized carbons (Fsp3) is 0.261. The van der Waals surface area contributed by atoms with Gasteiger partial charge in [0.15, 0.2) is 0 Å². The number of aromatic nitrogens is 2. The third-order valence-electron chi connectivity index (χ3n) is 4.27. The molecule has 1 N–H and O–H groups in total. The standard InChI is InChI=1S/C23H25N3O/c1-15(2)13-22(27)26-23-24-20(18-9-5-16(3)6-10-18)14-21(25-23)19-11-7-17(4)8-12-19/h5-12,14-15H,13H2,1-4H3,(H,24,25,26,27). The Labute approximate surface area is 160 Å². The first-order valence-electron chi connectivity index (χ1n) is 9.24. The van der Waals surface area contributed by atoms with E-state index in [4.69, 9.17) is 0 Å². The molecule has 0 atom stereocenters. The lowest BCUT2D eigenvalue weighted by atomic mass is 10.1. The summed E-state index contributed by atoms with van der Waals surface area (Å²) in [6.07, 6.45) is 0.442. The zero-order valence-corrected chi connectivity index (χ0v) is 16.3. The first-order chi connectivity index (χ1) is 12.9. The Morgan fingerprint density at radius 2 is 1.30 bits per heavy atom. The van der Waals surface area contributed by atoms with Gasteiger partial charge in [-0.3, -0.25) is 10.1 Å². The fourth-order valence-electron chi connectivity index (χ4n) is 2.79. The maximum absolute atomic E-state index is 12.2. The van der Waals surface area contributed by atoms with E-state index in [1.807, 2.05) is 44.2 Å². The summed E-state index contributed by atoms with van der Waals surface area (Å²) in [6, 6.07) is 18.3. The van der Waals surface area contributed by atoms with Crippen molar-refractivity contribution < 1.29 is 4.79 Å². The van der Waals surface area contributed by atoms with Crippen LogP contribution in [0.4, 0.5) is 5.95 Å². The number of rotatable bonds is 5. The molecule has 0 saturated carbocycles. The molecule has 3 rings (SSSR count). The third-order valence-corrected chi connectivity index (χ3v) is 4.27. The highest BCUT2D eigenvalue weighted by molar-refractivity contribution is 5.89. The van der Waals surface area contributed by atoms with Crippen LogP contribution in [0, 0.1) is 19.8 Å². The third kappa shape index (κ3) is 5.00. The Morgan fingerprint density at radius 3 is 1.70 bits per heavy atom. The first kappa shape index (κ1) is 18.8. The highest BCUT2D eigenvalue weighted by atomic mass is 16.1. The molecular formula is C23H25N3O. The number of aryl methyl sites for hydroxylation is 2. The minimum Gasteiger partial charge on any atom is -0.294 e. The van der Waals surface area contributed by atoms with Crippen LogP contribution in [-0.4, -0.2) is 15.9 Å². The number of hydrogen-bond donors (Lipinski definition) is 1. The van der Waals surface area contributed by atoms with Crippen molar-refractivity contribution in [3.8, 4) is 22.5 Å². The summed E-state index contributed by atoms with van der Waals surface area (Å²) in [6.45, 7) is 8.14. The lowest BCUT2D eigenvalue weighted by Crippen LogP contribution is -2.16. The number of carbonyl (C=O) groups is 1. The molecule has 0 aliphatic carbocycles. The van der Waals surface area contributed by atoms with Gasteiger partial charge in [-0.2, -0.15) is 0 Å². The molecule has 1 heterocycles. The molecule has 0 bridgehead atoms. The van der Waals surface area contributed by atoms with Gasteiger partial charge < -0.3 is 0 Å². The molecule has 0 aliphatic heterocycles. The summed E-state index contributed by atoms with van der Waals surface area (Å²) in [4.78, 5) is 21.4. The highest BCUT2D eigenvalue weighted by Gasteiger charge is 2.12. The molecule has 1 amide bonds. The molecule has 0 unspecified atom stereocenters. The molecule has 4 heteroatoms. The van der Waals surface area contributed by atoms with Gasteiger partial charge in [0.2, 0.25) is 11.9 Å². The average molecular weight is 359 g/mol. The van der Waals surface area contributed by atoms with Crippen molar-refractivity contribution in [1.82, 2.24) is 9.97 Å². The van der Waals surface area contributed by atoms with Crippen LogP contribution in [0.15, 0.2) is 54.6 Å². The van der Waals surface area contributed by atoms with Crippen molar-refractivity contribution >= 4 is 11.9 Å². The monoisotopic (exact) mass is 359 g/mol. The van der Waals surface area contributed by atoms with Gasteiger partial charge in [-0.1, -0.05) is 73.5 Å². The zero-order valence-electron chi connectivity index (χ0n) is 16.3. The molecule has 0 aliphatic rings. The second-order valence-corrected chi connectivity index (χ2v) is 7.34. The van der Waals surface area contributed by atoms with Crippen LogP contribution in [0.2, 0.25) is 0 Å². The van der Waals surface area contributed by atoms with Crippen LogP contribution >= 0.6 is 0 Å². The van der Waals surface area contributed by atoms with Gasteiger partial charge >= 0.3 is 0 Å². The van der Waals surface area contributed by atoms with Crippen LogP contribution in [0.25, 0.3) is 22.5 Å². The summed E-state index contributed by atoms with van der Waals surface area (Å²) in [5, 5.41) is 2.86. The molecule has 27 heavy (non-hydrogen) atoms. The van der Waals surface area contributed by atoms with E-state index < -0.39 is 0 Å². The number of amides is 1. The van der Waals surface area contributed by atoms with Crippen molar-refractivity contribution in [2.45, 2.75) is 34.1 Å². The zero-order chi connectivity index (χ0) is 19.4. The second-order valence-electron chi connectivity index (χ2n) is 7.34. The van der Waals surface area contributed by atoms with Crippen molar-refractivity contribution in [1.29, 1.82) is 0 Å². The average Bonchev–Trinajstić information content (AvgIpc) is 2.62. The normalized spacial score (nSPS) is 10.9. The largest absolute Gasteiger partial charge is 0.294 e. The topological polar surface area (TPSA) is 54.9 Å². The predicted octanol–water partition coefficient (Wildman–Crippen LogP) is 5.41. The van der Waals surface area contributed by atoms with Gasteiger partial charge in [0.25, 0.3) is 0 Å². The Bertz CT molecular complexity index is 865. The number of benzene rings is 2. The van der Waals surface area contributed by atoms with E-state index in [0.717, 1.165) is 22.5 Å². The van der Waals surface area contributed by atoms with Crippen LogP contribution in [0.3, 0.4) is 0 Å². The minimum atomic E-state index is -0.0686. The molecule has 138 valence electrons. The van der Waals surface area contributed by atoms with Crippen LogP contribution in [0.1, 0.15) is 31.4 Å². The van der Waals surface area contributed by atoms with Gasteiger partial charge in [-0.05, 0) is 25.8 Å². The predicted molar refractivity (Wildman–Crippen MR) is 110 cm³/mol. The molecule has 0 spiro atoms. The summed E-state index contributed by atoms with van der Waals surface area (Å²) in [7, 11) is 0. The summed E-state index contributed by atoms with van der Waals surface area (Å²) >= 11 is 0. The second kappa shape index (κ2) is 8.12. The summed E-state index contributed by atoms with van der Waals surface area (Å²) in [5.74, 6) is 0.553. The molecule has 4 nitrogen and oxygen atoms in total. The quantitative estimate of drug-likeness (QED) is 0.662. The summed E-state index contributed by atoms with van der Waals surface area (Å²) < 4.78 is 0. The lowest BCUT2D eigenvalue weighted by molar-refractivity contribution is -0.116. The van der Waals surface area contributed by atoms with E-state index in [1.54, 1.807) is 0 Å². The maximum atomic E-state index is 12.2. The van der Waals surface area contributed by atoms with E-state index in [9.17, 15) is 4.79 Å². The van der Waals surface area contributed by atoms with Gasteiger partial charge in [0.05, 0.1) is 11.4 Å². The first-order valence-corrected chi connectivity index (χ1v) is 9.24. The van der Waals surface area contributed by atoms with E-state index in [1.165, 1.54) is 11.1 Å².